The van der Waals surface area contributed by atoms with Gasteiger partial charge < -0.3 is 19.9 Å². The molecule has 16 aromatic rings. The van der Waals surface area contributed by atoms with Crippen molar-refractivity contribution in [1.82, 2.24) is 79.7 Å². The lowest BCUT2D eigenvalue weighted by Gasteiger charge is -2.01. The molecule has 16 nitrogen and oxygen atoms in total. The molecular weight excluding hydrogens is 1020 g/mol. The number of rotatable bonds is 4. The normalized spacial score (nSPS) is 11.2. The molecule has 0 atom stereocenters. The highest BCUT2D eigenvalue weighted by Gasteiger charge is 2.13. The number of halogens is 4. The van der Waals surface area contributed by atoms with Gasteiger partial charge in [0.2, 0.25) is 23.8 Å². The van der Waals surface area contributed by atoms with Gasteiger partial charge in [-0.3, -0.25) is 19.9 Å². The van der Waals surface area contributed by atoms with E-state index in [1.165, 1.54) is 36.8 Å². The molecule has 0 fully saturated rings. The van der Waals surface area contributed by atoms with E-state index in [0.717, 1.165) is 93.4 Å². The summed E-state index contributed by atoms with van der Waals surface area (Å²) >= 11 is 0. The van der Waals surface area contributed by atoms with E-state index in [4.69, 9.17) is 0 Å². The van der Waals surface area contributed by atoms with E-state index in [1.54, 1.807) is 79.6 Å². The summed E-state index contributed by atoms with van der Waals surface area (Å²) in [5, 5.41) is 8.09. The van der Waals surface area contributed by atoms with Crippen LogP contribution < -0.4 is 0 Å². The van der Waals surface area contributed by atoms with Gasteiger partial charge in [0.25, 0.3) is 0 Å². The van der Waals surface area contributed by atoms with Crippen molar-refractivity contribution in [2.24, 2.45) is 0 Å². The molecule has 0 amide bonds. The van der Waals surface area contributed by atoms with E-state index in [1.807, 2.05) is 79.1 Å². The largest absolute Gasteiger partial charge is 0.339 e. The van der Waals surface area contributed by atoms with Crippen molar-refractivity contribution < 1.29 is 17.6 Å². The first kappa shape index (κ1) is 48.4. The molecule has 0 aliphatic carbocycles. The van der Waals surface area contributed by atoms with Crippen LogP contribution in [0.25, 0.3) is 133 Å². The van der Waals surface area contributed by atoms with Crippen molar-refractivity contribution in [2.75, 3.05) is 0 Å². The van der Waals surface area contributed by atoms with Gasteiger partial charge in [-0.1, -0.05) is 6.07 Å². The van der Waals surface area contributed by atoms with Crippen LogP contribution in [0.15, 0.2) is 196 Å². The summed E-state index contributed by atoms with van der Waals surface area (Å²) in [6.45, 7) is 0. The molecule has 0 aliphatic heterocycles. The summed E-state index contributed by atoms with van der Waals surface area (Å²) in [5.41, 5.74) is 12.0. The molecule has 0 spiro atoms. The van der Waals surface area contributed by atoms with Crippen LogP contribution in [-0.4, -0.2) is 79.7 Å². The zero-order chi connectivity index (χ0) is 54.1. The number of aromatic amines is 4. The summed E-state index contributed by atoms with van der Waals surface area (Å²) in [7, 11) is 0. The molecule has 0 radical (unpaired) electrons. The highest BCUT2D eigenvalue weighted by molar-refractivity contribution is 6.08. The van der Waals surface area contributed by atoms with Crippen molar-refractivity contribution in [3.05, 3.63) is 219 Å². The second kappa shape index (κ2) is 20.7. The van der Waals surface area contributed by atoms with Gasteiger partial charge in [-0.05, 0) is 115 Å². The van der Waals surface area contributed by atoms with E-state index >= 15 is 0 Å². The zero-order valence-electron chi connectivity index (χ0n) is 41.4. The molecule has 16 aromatic heterocycles. The first-order valence-electron chi connectivity index (χ1n) is 24.6. The number of pyridine rings is 12. The number of hydrogen-bond acceptors (Lipinski definition) is 12. The smallest absolute Gasteiger partial charge is 0.222 e. The molecule has 0 aliphatic rings. The molecule has 0 saturated heterocycles. The van der Waals surface area contributed by atoms with E-state index in [-0.39, 0.29) is 0 Å². The monoisotopic (exact) mass is 1050 g/mol. The Bertz CT molecular complexity index is 4790. The topological polar surface area (TPSA) is 218 Å². The maximum Gasteiger partial charge on any atom is 0.222 e. The van der Waals surface area contributed by atoms with Crippen LogP contribution in [0.4, 0.5) is 17.6 Å². The lowest BCUT2D eigenvalue weighted by molar-refractivity contribution is 0.583. The average molecular weight is 1050 g/mol. The maximum absolute atomic E-state index is 13.7. The first-order valence-corrected chi connectivity index (χ1v) is 24.6. The van der Waals surface area contributed by atoms with E-state index in [2.05, 4.69) is 79.7 Å². The molecule has 0 unspecified atom stereocenters. The first-order chi connectivity index (χ1) is 39.3. The van der Waals surface area contributed by atoms with Gasteiger partial charge >= 0.3 is 0 Å². The maximum atomic E-state index is 13.7. The van der Waals surface area contributed by atoms with Gasteiger partial charge in [-0.15, -0.1) is 0 Å². The summed E-state index contributed by atoms with van der Waals surface area (Å²) in [6, 6.07) is 37.0. The van der Waals surface area contributed by atoms with Crippen LogP contribution >= 0.6 is 0 Å². The second-order valence-corrected chi connectivity index (χ2v) is 18.0. The predicted octanol–water partition coefficient (Wildman–Crippen LogP) is 13.2. The van der Waals surface area contributed by atoms with Gasteiger partial charge in [-0.25, -0.2) is 39.9 Å². The quantitative estimate of drug-likeness (QED) is 0.0956. The van der Waals surface area contributed by atoms with Crippen LogP contribution in [0.1, 0.15) is 0 Å². The fourth-order valence-electron chi connectivity index (χ4n) is 9.30. The highest BCUT2D eigenvalue weighted by atomic mass is 18.2. The summed E-state index contributed by atoms with van der Waals surface area (Å²) in [4.78, 5) is 62.2. The van der Waals surface area contributed by atoms with Crippen LogP contribution in [0, 0.1) is 23.8 Å². The SMILES string of the molecule is [18F]c1cc(-c2ccc3c(n2)[nH]c2ccncc23)ccn1.[18F]c1ccc(-c2ccc3c(n2)[nH]c2ccncc23)cn1.[18F]c1cccc(-c2ccc3c(n2)[nH]c2ccncc23)n1.[18F]c1ncccc1-c1ccc2c(n1)[nH]c1ccncc12. The molecule has 4 N–H and O–H groups in total. The van der Waals surface area contributed by atoms with Crippen LogP contribution in [-0.2, 0) is 0 Å². The molecule has 16 rings (SSSR count). The summed E-state index contributed by atoms with van der Waals surface area (Å²) in [5.74, 6) is -2.03. The standard InChI is InChI=1S/4C15H9FN4/c16-14-4-1-9(7-18-14)12-3-2-10-11-8-17-6-5-13(11)20-15(10)19-12;16-14-7-9(3-6-18-14)12-2-1-10-11-8-17-5-4-13(11)20-15(10)19-12;16-14-10(2-1-6-18-14)12-4-3-9-11-8-17-7-5-13(11)20-15(9)19-12;16-14-3-1-2-12(18-14)13-5-4-9-10-8-17-7-6-11(10)19-15(9)20-13/h4*1-8H,(H,19,20)/i4*16-1. The Balaban J connectivity index is 0.000000101. The fourth-order valence-corrected chi connectivity index (χ4v) is 9.30. The molecule has 384 valence electrons. The molecule has 0 saturated carbocycles. The average Bonchev–Trinajstić information content (AvgIpc) is 4.31. The second-order valence-electron chi connectivity index (χ2n) is 18.0. The van der Waals surface area contributed by atoms with Crippen molar-refractivity contribution >= 4 is 87.7 Å². The Morgan fingerprint density at radius 2 is 0.762 bits per heavy atom. The number of nitrogens with zero attached hydrogens (tertiary/aromatic N) is 12. The van der Waals surface area contributed by atoms with Gasteiger partial charge in [0.15, 0.2) is 0 Å². The van der Waals surface area contributed by atoms with Crippen molar-refractivity contribution in [3.63, 3.8) is 0 Å². The highest BCUT2D eigenvalue weighted by Crippen LogP contribution is 2.31. The van der Waals surface area contributed by atoms with Gasteiger partial charge in [0, 0.05) is 128 Å². The Hall–Kier alpha value is -11.3. The zero-order valence-corrected chi connectivity index (χ0v) is 41.4. The molecule has 0 aromatic carbocycles. The molecular formula is C60H36F4N16. The number of fused-ring (bicyclic) bond motifs is 12. The van der Waals surface area contributed by atoms with Gasteiger partial charge in [0.05, 0.1) is 56.1 Å². The Labute approximate surface area is 447 Å². The van der Waals surface area contributed by atoms with Gasteiger partial charge in [0.1, 0.15) is 22.6 Å². The lowest BCUT2D eigenvalue weighted by Crippen LogP contribution is -1.90. The van der Waals surface area contributed by atoms with Crippen LogP contribution in [0.2, 0.25) is 0 Å². The number of H-pyrrole nitrogens is 4. The van der Waals surface area contributed by atoms with Crippen molar-refractivity contribution in [3.8, 4) is 45.2 Å². The Morgan fingerprint density at radius 1 is 0.287 bits per heavy atom. The van der Waals surface area contributed by atoms with E-state index in [9.17, 15) is 17.6 Å². The van der Waals surface area contributed by atoms with Crippen LogP contribution in [0.3, 0.4) is 0 Å². The van der Waals surface area contributed by atoms with E-state index in [0.29, 0.717) is 39.5 Å². The minimum Gasteiger partial charge on any atom is -0.339 e. The molecule has 20 heteroatoms. The van der Waals surface area contributed by atoms with Gasteiger partial charge in [-0.2, -0.15) is 17.6 Å². The number of aromatic nitrogens is 16. The van der Waals surface area contributed by atoms with E-state index < -0.39 is 23.8 Å². The Kier molecular flexibility index (Phi) is 12.5. The van der Waals surface area contributed by atoms with Crippen LogP contribution in [0.5, 0.6) is 0 Å². The minimum atomic E-state index is -0.517. The number of nitrogens with one attached hydrogen (secondary N) is 4. The minimum absolute atomic E-state index is 0.395. The Morgan fingerprint density at radius 3 is 1.25 bits per heavy atom. The molecule has 0 bridgehead atoms. The third-order valence-corrected chi connectivity index (χ3v) is 13.1. The third kappa shape index (κ3) is 9.55. The predicted molar refractivity (Wildman–Crippen MR) is 298 cm³/mol. The summed E-state index contributed by atoms with van der Waals surface area (Å²) < 4.78 is 52.9. The van der Waals surface area contributed by atoms with Crippen molar-refractivity contribution in [1.29, 1.82) is 0 Å². The van der Waals surface area contributed by atoms with Crippen molar-refractivity contribution in [2.45, 2.75) is 0 Å². The number of hydrogen-bond donors (Lipinski definition) is 4. The molecule has 80 heavy (non-hydrogen) atoms. The fraction of sp³-hybridized carbons (Fsp3) is 0. The molecule has 16 heterocycles. The lowest BCUT2D eigenvalue weighted by atomic mass is 10.1. The summed E-state index contributed by atoms with van der Waals surface area (Å²) in [6.07, 6.45) is 18.5. The third-order valence-electron chi connectivity index (χ3n) is 13.1.